The zero-order valence-electron chi connectivity index (χ0n) is 14.3. The minimum absolute atomic E-state index is 0. The molecule has 24 heavy (non-hydrogen) atoms. The van der Waals surface area contributed by atoms with Crippen LogP contribution in [0.15, 0.2) is 24.3 Å². The fourth-order valence-corrected chi connectivity index (χ4v) is 3.58. The second-order valence-corrected chi connectivity index (χ2v) is 6.47. The molecule has 0 bridgehead atoms. The molecule has 1 aromatic carbocycles. The summed E-state index contributed by atoms with van der Waals surface area (Å²) in [5.74, 6) is -0.0242. The Morgan fingerprint density at radius 2 is 2.08 bits per heavy atom. The van der Waals surface area contributed by atoms with Crippen LogP contribution in [0.4, 0.5) is 5.69 Å². The zero-order chi connectivity index (χ0) is 16.4. The van der Waals surface area contributed by atoms with Crippen LogP contribution >= 0.6 is 12.4 Å². The molecule has 132 valence electrons. The van der Waals surface area contributed by atoms with Gasteiger partial charge in [-0.25, -0.2) is 0 Å². The number of hydrogen-bond acceptors (Lipinski definition) is 3. The van der Waals surface area contributed by atoms with E-state index < -0.39 is 0 Å². The summed E-state index contributed by atoms with van der Waals surface area (Å²) in [7, 11) is 0. The first-order valence-corrected chi connectivity index (χ1v) is 8.51. The van der Waals surface area contributed by atoms with Gasteiger partial charge >= 0.3 is 0 Å². The van der Waals surface area contributed by atoms with Crippen LogP contribution in [0, 0.1) is 5.92 Å². The molecule has 2 fully saturated rings. The predicted molar refractivity (Wildman–Crippen MR) is 97.6 cm³/mol. The van der Waals surface area contributed by atoms with Crippen LogP contribution in [0.2, 0.25) is 0 Å². The zero-order valence-corrected chi connectivity index (χ0v) is 15.1. The maximum atomic E-state index is 12.8. The maximum absolute atomic E-state index is 12.8. The third kappa shape index (κ3) is 3.57. The smallest absolute Gasteiger partial charge is 0.228 e. The summed E-state index contributed by atoms with van der Waals surface area (Å²) in [6.07, 6.45) is 1.21. The Labute approximate surface area is 149 Å². The van der Waals surface area contributed by atoms with Crippen molar-refractivity contribution < 1.29 is 9.59 Å². The highest BCUT2D eigenvalue weighted by Gasteiger charge is 2.39. The van der Waals surface area contributed by atoms with Gasteiger partial charge in [-0.05, 0) is 25.0 Å². The Kier molecular flexibility index (Phi) is 6.24. The lowest BCUT2D eigenvalue weighted by Gasteiger charge is -2.35. The van der Waals surface area contributed by atoms with Crippen LogP contribution in [0.25, 0.3) is 0 Å². The summed E-state index contributed by atoms with van der Waals surface area (Å²) in [6.45, 7) is 7.05. The second kappa shape index (κ2) is 7.99. The quantitative estimate of drug-likeness (QED) is 0.904. The number of rotatable bonds is 3. The number of piperazine rings is 1. The summed E-state index contributed by atoms with van der Waals surface area (Å²) < 4.78 is 0. The van der Waals surface area contributed by atoms with E-state index in [1.165, 1.54) is 0 Å². The molecule has 0 aliphatic carbocycles. The lowest BCUT2D eigenvalue weighted by Crippen LogP contribution is -2.54. The van der Waals surface area contributed by atoms with Crippen molar-refractivity contribution in [2.75, 3.05) is 31.1 Å². The molecule has 2 aliphatic rings. The summed E-state index contributed by atoms with van der Waals surface area (Å²) in [5.41, 5.74) is 2.12. The van der Waals surface area contributed by atoms with Gasteiger partial charge in [0.2, 0.25) is 11.8 Å². The number of benzene rings is 1. The number of nitrogens with zero attached hydrogens (tertiary/aromatic N) is 2. The maximum Gasteiger partial charge on any atom is 0.228 e. The molecular formula is C18H26ClN3O2. The Balaban J connectivity index is 0.00000208. The number of anilines is 1. The topological polar surface area (TPSA) is 52.7 Å². The van der Waals surface area contributed by atoms with E-state index in [2.05, 4.69) is 25.2 Å². The summed E-state index contributed by atoms with van der Waals surface area (Å²) >= 11 is 0. The van der Waals surface area contributed by atoms with E-state index in [4.69, 9.17) is 0 Å². The monoisotopic (exact) mass is 351 g/mol. The first-order valence-electron chi connectivity index (χ1n) is 8.51. The van der Waals surface area contributed by atoms with Crippen molar-refractivity contribution in [3.63, 3.8) is 0 Å². The van der Waals surface area contributed by atoms with E-state index in [0.717, 1.165) is 37.3 Å². The number of carbonyl (C=O) groups excluding carboxylic acids is 2. The molecule has 5 nitrogen and oxygen atoms in total. The Hall–Kier alpha value is -1.59. The first-order chi connectivity index (χ1) is 11.1. The highest BCUT2D eigenvalue weighted by Crippen LogP contribution is 2.29. The SMILES string of the molecule is CCc1ccccc1N1CC(C(=O)N2CCNC[C@@H]2C)CC1=O.Cl. The standard InChI is InChI=1S/C18H25N3O2.ClH/c1-3-14-6-4-5-7-16(14)21-12-15(10-17(21)22)18(23)20-9-8-19-11-13(20)2;/h4-7,13,15,19H,3,8-12H2,1-2H3;1H/t13-,15?;/m0./s1. The molecule has 2 amide bonds. The number of aryl methyl sites for hydroxylation is 1. The number of halogens is 1. The van der Waals surface area contributed by atoms with E-state index in [1.807, 2.05) is 23.1 Å². The van der Waals surface area contributed by atoms with Gasteiger partial charge in [0.25, 0.3) is 0 Å². The average molecular weight is 352 g/mol. The van der Waals surface area contributed by atoms with Crippen LogP contribution in [0.1, 0.15) is 25.8 Å². The summed E-state index contributed by atoms with van der Waals surface area (Å²) in [6, 6.07) is 8.18. The van der Waals surface area contributed by atoms with Gasteiger partial charge < -0.3 is 15.1 Å². The van der Waals surface area contributed by atoms with Crippen LogP contribution in [-0.2, 0) is 16.0 Å². The minimum Gasteiger partial charge on any atom is -0.337 e. The number of carbonyl (C=O) groups is 2. The van der Waals surface area contributed by atoms with Crippen molar-refractivity contribution in [3.8, 4) is 0 Å². The molecule has 2 saturated heterocycles. The van der Waals surface area contributed by atoms with Gasteiger partial charge in [0, 0.05) is 44.3 Å². The van der Waals surface area contributed by atoms with Gasteiger partial charge in [-0.15, -0.1) is 12.4 Å². The molecule has 0 saturated carbocycles. The molecule has 1 N–H and O–H groups in total. The van der Waals surface area contributed by atoms with Gasteiger partial charge in [0.1, 0.15) is 0 Å². The summed E-state index contributed by atoms with van der Waals surface area (Å²) in [4.78, 5) is 29.0. The van der Waals surface area contributed by atoms with E-state index in [1.54, 1.807) is 4.90 Å². The molecule has 0 aromatic heterocycles. The lowest BCUT2D eigenvalue weighted by atomic mass is 10.0. The number of hydrogen-bond donors (Lipinski definition) is 1. The number of nitrogens with one attached hydrogen (secondary N) is 1. The first kappa shape index (κ1) is 18.7. The van der Waals surface area contributed by atoms with Gasteiger partial charge in [-0.3, -0.25) is 9.59 Å². The van der Waals surface area contributed by atoms with Crippen LogP contribution in [0.3, 0.4) is 0 Å². The predicted octanol–water partition coefficient (Wildman–Crippen LogP) is 1.84. The molecule has 2 heterocycles. The highest BCUT2D eigenvalue weighted by molar-refractivity contribution is 6.00. The molecule has 1 aromatic rings. The Morgan fingerprint density at radius 3 is 2.79 bits per heavy atom. The van der Waals surface area contributed by atoms with Crippen molar-refractivity contribution in [2.24, 2.45) is 5.92 Å². The van der Waals surface area contributed by atoms with Crippen LogP contribution < -0.4 is 10.2 Å². The molecule has 2 atom stereocenters. The molecule has 0 radical (unpaired) electrons. The van der Waals surface area contributed by atoms with Crippen molar-refractivity contribution in [1.29, 1.82) is 0 Å². The van der Waals surface area contributed by atoms with Crippen molar-refractivity contribution >= 4 is 29.9 Å². The minimum atomic E-state index is -0.215. The Morgan fingerprint density at radius 1 is 1.33 bits per heavy atom. The molecule has 3 rings (SSSR count). The number of amides is 2. The molecule has 6 heteroatoms. The van der Waals surface area contributed by atoms with Gasteiger partial charge in [-0.2, -0.15) is 0 Å². The van der Waals surface area contributed by atoms with E-state index in [9.17, 15) is 9.59 Å². The van der Waals surface area contributed by atoms with E-state index in [0.29, 0.717) is 13.0 Å². The van der Waals surface area contributed by atoms with Crippen molar-refractivity contribution in [3.05, 3.63) is 29.8 Å². The molecular weight excluding hydrogens is 326 g/mol. The number of para-hydroxylation sites is 1. The fraction of sp³-hybridized carbons (Fsp3) is 0.556. The normalized spacial score (nSPS) is 24.0. The van der Waals surface area contributed by atoms with Crippen LogP contribution in [0.5, 0.6) is 0 Å². The van der Waals surface area contributed by atoms with Gasteiger partial charge in [0.05, 0.1) is 5.92 Å². The third-order valence-corrected chi connectivity index (χ3v) is 4.92. The lowest BCUT2D eigenvalue weighted by molar-refractivity contribution is -0.138. The molecule has 0 spiro atoms. The van der Waals surface area contributed by atoms with Gasteiger partial charge in [0.15, 0.2) is 0 Å². The van der Waals surface area contributed by atoms with E-state index in [-0.39, 0.29) is 36.2 Å². The Bertz CT molecular complexity index is 608. The largest absolute Gasteiger partial charge is 0.337 e. The third-order valence-electron chi connectivity index (χ3n) is 4.92. The average Bonchev–Trinajstić information content (AvgIpc) is 2.96. The van der Waals surface area contributed by atoms with Crippen molar-refractivity contribution in [1.82, 2.24) is 10.2 Å². The highest BCUT2D eigenvalue weighted by atomic mass is 35.5. The van der Waals surface area contributed by atoms with Gasteiger partial charge in [-0.1, -0.05) is 25.1 Å². The van der Waals surface area contributed by atoms with E-state index >= 15 is 0 Å². The van der Waals surface area contributed by atoms with Crippen LogP contribution in [-0.4, -0.2) is 48.9 Å². The fourth-order valence-electron chi connectivity index (χ4n) is 3.58. The second-order valence-electron chi connectivity index (χ2n) is 6.47. The molecule has 2 aliphatic heterocycles. The van der Waals surface area contributed by atoms with Crippen molar-refractivity contribution in [2.45, 2.75) is 32.7 Å². The summed E-state index contributed by atoms with van der Waals surface area (Å²) in [5, 5.41) is 3.30. The molecule has 1 unspecified atom stereocenters.